The summed E-state index contributed by atoms with van der Waals surface area (Å²) < 4.78 is 5.24. The molecule has 1 saturated carbocycles. The Balaban J connectivity index is 1.73. The molecule has 0 saturated heterocycles. The van der Waals surface area contributed by atoms with Gasteiger partial charge in [0, 0.05) is 0 Å². The van der Waals surface area contributed by atoms with Crippen molar-refractivity contribution in [1.82, 2.24) is 5.32 Å². The van der Waals surface area contributed by atoms with Crippen molar-refractivity contribution in [2.75, 3.05) is 6.54 Å². The number of rotatable bonds is 7. The standard InChI is InChI=1S/C13H19NO3/c1-9(14-8-2-3-10-4-5-10)11-6-7-12(17-11)13(15)16/h6-7,9-10,14H,2-5,8H2,1H3,(H,15,16). The Labute approximate surface area is 101 Å². The highest BCUT2D eigenvalue weighted by atomic mass is 16.4. The van der Waals surface area contributed by atoms with Crippen LogP contribution in [-0.4, -0.2) is 17.6 Å². The smallest absolute Gasteiger partial charge is 0.371 e. The van der Waals surface area contributed by atoms with E-state index in [4.69, 9.17) is 9.52 Å². The summed E-state index contributed by atoms with van der Waals surface area (Å²) in [5, 5.41) is 12.1. The molecule has 1 aromatic heterocycles. The molecule has 0 radical (unpaired) electrons. The lowest BCUT2D eigenvalue weighted by Gasteiger charge is -2.10. The highest BCUT2D eigenvalue weighted by Gasteiger charge is 2.20. The van der Waals surface area contributed by atoms with Gasteiger partial charge in [-0.15, -0.1) is 0 Å². The van der Waals surface area contributed by atoms with E-state index in [-0.39, 0.29) is 11.8 Å². The number of aromatic carboxylic acids is 1. The zero-order valence-corrected chi connectivity index (χ0v) is 10.1. The minimum atomic E-state index is -1.02. The highest BCUT2D eigenvalue weighted by molar-refractivity contribution is 5.84. The van der Waals surface area contributed by atoms with Crippen LogP contribution in [0.2, 0.25) is 0 Å². The molecule has 0 bridgehead atoms. The first-order valence-electron chi connectivity index (χ1n) is 6.23. The Morgan fingerprint density at radius 3 is 2.94 bits per heavy atom. The van der Waals surface area contributed by atoms with E-state index in [1.54, 1.807) is 6.07 Å². The second-order valence-electron chi connectivity index (χ2n) is 4.77. The molecule has 0 aliphatic heterocycles. The Bertz CT molecular complexity index is 382. The summed E-state index contributed by atoms with van der Waals surface area (Å²) in [5.41, 5.74) is 0. The molecule has 0 aromatic carbocycles. The van der Waals surface area contributed by atoms with Gasteiger partial charge in [-0.2, -0.15) is 0 Å². The van der Waals surface area contributed by atoms with Crippen molar-refractivity contribution in [2.45, 2.75) is 38.6 Å². The molecular weight excluding hydrogens is 218 g/mol. The van der Waals surface area contributed by atoms with Gasteiger partial charge in [0.2, 0.25) is 5.76 Å². The van der Waals surface area contributed by atoms with Gasteiger partial charge >= 0.3 is 5.97 Å². The van der Waals surface area contributed by atoms with Crippen LogP contribution in [0.1, 0.15) is 55.0 Å². The fourth-order valence-electron chi connectivity index (χ4n) is 1.92. The monoisotopic (exact) mass is 237 g/mol. The maximum absolute atomic E-state index is 10.7. The highest BCUT2D eigenvalue weighted by Crippen LogP contribution is 2.33. The van der Waals surface area contributed by atoms with Crippen LogP contribution in [-0.2, 0) is 0 Å². The second-order valence-corrected chi connectivity index (χ2v) is 4.77. The number of hydrogen-bond acceptors (Lipinski definition) is 3. The molecule has 4 heteroatoms. The Hall–Kier alpha value is -1.29. The molecule has 1 atom stereocenters. The molecule has 1 unspecified atom stereocenters. The van der Waals surface area contributed by atoms with Gasteiger partial charge in [0.05, 0.1) is 6.04 Å². The van der Waals surface area contributed by atoms with Gasteiger partial charge in [-0.1, -0.05) is 12.8 Å². The summed E-state index contributed by atoms with van der Waals surface area (Å²) in [5.74, 6) is 0.645. The first kappa shape index (κ1) is 12.2. The Kier molecular flexibility index (Phi) is 3.84. The number of nitrogens with one attached hydrogen (secondary N) is 1. The zero-order chi connectivity index (χ0) is 12.3. The lowest BCUT2D eigenvalue weighted by molar-refractivity contribution is 0.0659. The molecule has 4 nitrogen and oxygen atoms in total. The quantitative estimate of drug-likeness (QED) is 0.716. The molecule has 1 aliphatic carbocycles. The number of carboxylic acids is 1. The van der Waals surface area contributed by atoms with E-state index in [0.29, 0.717) is 5.76 Å². The van der Waals surface area contributed by atoms with E-state index in [1.807, 2.05) is 6.92 Å². The largest absolute Gasteiger partial charge is 0.475 e. The van der Waals surface area contributed by atoms with E-state index in [1.165, 1.54) is 31.7 Å². The summed E-state index contributed by atoms with van der Waals surface area (Å²) in [4.78, 5) is 10.7. The van der Waals surface area contributed by atoms with Crippen molar-refractivity contribution in [3.05, 3.63) is 23.7 Å². The Morgan fingerprint density at radius 1 is 1.59 bits per heavy atom. The third-order valence-electron chi connectivity index (χ3n) is 3.20. The third-order valence-corrected chi connectivity index (χ3v) is 3.20. The van der Waals surface area contributed by atoms with Crippen LogP contribution in [0.15, 0.2) is 16.5 Å². The summed E-state index contributed by atoms with van der Waals surface area (Å²) in [7, 11) is 0. The molecular formula is C13H19NO3. The first-order chi connectivity index (χ1) is 8.16. The lowest BCUT2D eigenvalue weighted by atomic mass is 10.2. The molecule has 17 heavy (non-hydrogen) atoms. The van der Waals surface area contributed by atoms with Crippen LogP contribution in [0.3, 0.4) is 0 Å². The number of furan rings is 1. The minimum Gasteiger partial charge on any atom is -0.475 e. The first-order valence-corrected chi connectivity index (χ1v) is 6.23. The fourth-order valence-corrected chi connectivity index (χ4v) is 1.92. The van der Waals surface area contributed by atoms with Crippen molar-refractivity contribution >= 4 is 5.97 Å². The molecule has 1 aromatic rings. The van der Waals surface area contributed by atoms with Gasteiger partial charge in [0.25, 0.3) is 0 Å². The molecule has 1 heterocycles. The van der Waals surface area contributed by atoms with Crippen LogP contribution in [0, 0.1) is 5.92 Å². The molecule has 1 fully saturated rings. The average molecular weight is 237 g/mol. The molecule has 2 N–H and O–H groups in total. The van der Waals surface area contributed by atoms with Gasteiger partial charge in [0.15, 0.2) is 0 Å². The van der Waals surface area contributed by atoms with E-state index in [2.05, 4.69) is 5.32 Å². The predicted molar refractivity (Wildman–Crippen MR) is 64.0 cm³/mol. The van der Waals surface area contributed by atoms with Crippen molar-refractivity contribution in [3.8, 4) is 0 Å². The second kappa shape index (κ2) is 5.36. The maximum Gasteiger partial charge on any atom is 0.371 e. The summed E-state index contributed by atoms with van der Waals surface area (Å²) in [6, 6.07) is 3.30. The van der Waals surface area contributed by atoms with Crippen molar-refractivity contribution < 1.29 is 14.3 Å². The van der Waals surface area contributed by atoms with Gasteiger partial charge in [-0.05, 0) is 44.4 Å². The van der Waals surface area contributed by atoms with E-state index in [9.17, 15) is 4.79 Å². The van der Waals surface area contributed by atoms with E-state index >= 15 is 0 Å². The third kappa shape index (κ3) is 3.60. The molecule has 0 spiro atoms. The maximum atomic E-state index is 10.7. The fraction of sp³-hybridized carbons (Fsp3) is 0.615. The lowest BCUT2D eigenvalue weighted by Crippen LogP contribution is -2.19. The van der Waals surface area contributed by atoms with Crippen LogP contribution in [0.4, 0.5) is 0 Å². The molecule has 2 rings (SSSR count). The summed E-state index contributed by atoms with van der Waals surface area (Å²) in [6.45, 7) is 2.95. The number of carbonyl (C=O) groups is 1. The van der Waals surface area contributed by atoms with E-state index < -0.39 is 5.97 Å². The summed E-state index contributed by atoms with van der Waals surface area (Å²) in [6.07, 6.45) is 5.28. The molecule has 94 valence electrons. The van der Waals surface area contributed by atoms with Crippen LogP contribution in [0.5, 0.6) is 0 Å². The van der Waals surface area contributed by atoms with E-state index in [0.717, 1.165) is 12.5 Å². The SMILES string of the molecule is CC(NCCCC1CC1)c1ccc(C(=O)O)o1. The predicted octanol–water partition coefficient (Wildman–Crippen LogP) is 2.82. The van der Waals surface area contributed by atoms with Crippen molar-refractivity contribution in [2.24, 2.45) is 5.92 Å². The average Bonchev–Trinajstić information content (AvgIpc) is 2.97. The van der Waals surface area contributed by atoms with Gasteiger partial charge < -0.3 is 14.8 Å². The van der Waals surface area contributed by atoms with Crippen LogP contribution >= 0.6 is 0 Å². The number of carboxylic acid groups (broad SMARTS) is 1. The van der Waals surface area contributed by atoms with Gasteiger partial charge in [-0.25, -0.2) is 4.79 Å². The minimum absolute atomic E-state index is 0.00614. The van der Waals surface area contributed by atoms with Crippen LogP contribution < -0.4 is 5.32 Å². The summed E-state index contributed by atoms with van der Waals surface area (Å²) >= 11 is 0. The molecule has 0 amide bonds. The van der Waals surface area contributed by atoms with Crippen molar-refractivity contribution in [1.29, 1.82) is 0 Å². The van der Waals surface area contributed by atoms with Crippen LogP contribution in [0.25, 0.3) is 0 Å². The normalized spacial score (nSPS) is 17.0. The topological polar surface area (TPSA) is 62.5 Å². The van der Waals surface area contributed by atoms with Crippen molar-refractivity contribution in [3.63, 3.8) is 0 Å². The van der Waals surface area contributed by atoms with Gasteiger partial charge in [0.1, 0.15) is 5.76 Å². The molecule has 1 aliphatic rings. The van der Waals surface area contributed by atoms with Gasteiger partial charge in [-0.3, -0.25) is 0 Å². The zero-order valence-electron chi connectivity index (χ0n) is 10.1. The number of hydrogen-bond donors (Lipinski definition) is 2. The Morgan fingerprint density at radius 2 is 2.35 bits per heavy atom.